The summed E-state index contributed by atoms with van der Waals surface area (Å²) in [4.78, 5) is 28.3. The second-order valence-electron chi connectivity index (χ2n) is 7.06. The molecule has 2 fully saturated rings. The van der Waals surface area contributed by atoms with E-state index in [4.69, 9.17) is 5.11 Å². The highest BCUT2D eigenvalue weighted by Crippen LogP contribution is 2.45. The largest absolute Gasteiger partial charge is 0.387 e. The van der Waals surface area contributed by atoms with E-state index in [9.17, 15) is 9.59 Å². The zero-order chi connectivity index (χ0) is 17.2. The second kappa shape index (κ2) is 6.93. The summed E-state index contributed by atoms with van der Waals surface area (Å²) >= 11 is 0. The van der Waals surface area contributed by atoms with Crippen LogP contribution in [0.3, 0.4) is 0 Å². The van der Waals surface area contributed by atoms with Crippen LogP contribution in [0.2, 0.25) is 0 Å². The maximum absolute atomic E-state index is 12.8. The third-order valence-corrected chi connectivity index (χ3v) is 5.67. The minimum absolute atomic E-state index is 0.0800. The summed E-state index contributed by atoms with van der Waals surface area (Å²) in [5.41, 5.74) is 1.17. The number of carbonyl (C=O) groups excluding carboxylic acids is 2. The highest BCUT2D eigenvalue weighted by Gasteiger charge is 2.46. The van der Waals surface area contributed by atoms with E-state index in [-0.39, 0.29) is 23.1 Å². The molecule has 0 bridgehead atoms. The zero-order valence-electron chi connectivity index (χ0n) is 14.3. The number of aliphatic hydroxyl groups excluding tert-OH is 1. The molecule has 1 unspecified atom stereocenters. The molecule has 0 aromatic heterocycles. The van der Waals surface area contributed by atoms with Crippen LogP contribution >= 0.6 is 0 Å². The maximum atomic E-state index is 12.8. The molecule has 2 amide bonds. The van der Waals surface area contributed by atoms with Crippen LogP contribution in [-0.4, -0.2) is 59.5 Å². The Morgan fingerprint density at radius 3 is 2.50 bits per heavy atom. The Balaban J connectivity index is 1.80. The summed E-state index contributed by atoms with van der Waals surface area (Å²) < 4.78 is 0. The highest BCUT2D eigenvalue weighted by molar-refractivity contribution is 5.85. The predicted octanol–water partition coefficient (Wildman–Crippen LogP) is 1.62. The summed E-state index contributed by atoms with van der Waals surface area (Å²) in [5, 5.41) is 9.05. The molecule has 5 heteroatoms. The van der Waals surface area contributed by atoms with Gasteiger partial charge in [0.2, 0.25) is 11.8 Å². The molecular weight excluding hydrogens is 304 g/mol. The van der Waals surface area contributed by atoms with Crippen LogP contribution < -0.4 is 0 Å². The molecule has 0 radical (unpaired) electrons. The number of hydrogen-bond acceptors (Lipinski definition) is 3. The van der Waals surface area contributed by atoms with Gasteiger partial charge in [0.15, 0.2) is 0 Å². The Labute approximate surface area is 143 Å². The lowest BCUT2D eigenvalue weighted by Crippen LogP contribution is -2.54. The van der Waals surface area contributed by atoms with Gasteiger partial charge in [0.05, 0.1) is 5.92 Å². The number of rotatable bonds is 3. The first-order valence-corrected chi connectivity index (χ1v) is 8.81. The van der Waals surface area contributed by atoms with Crippen molar-refractivity contribution < 1.29 is 14.7 Å². The molecule has 3 rings (SSSR count). The molecule has 130 valence electrons. The van der Waals surface area contributed by atoms with Crippen LogP contribution in [0.4, 0.5) is 0 Å². The van der Waals surface area contributed by atoms with Gasteiger partial charge in [0.1, 0.15) is 6.61 Å². The van der Waals surface area contributed by atoms with E-state index >= 15 is 0 Å². The Kier molecular flexibility index (Phi) is 4.90. The van der Waals surface area contributed by atoms with Crippen LogP contribution in [0.1, 0.15) is 37.7 Å². The molecule has 2 saturated heterocycles. The Hall–Kier alpha value is -1.88. The Morgan fingerprint density at radius 1 is 1.25 bits per heavy atom. The smallest absolute Gasteiger partial charge is 0.248 e. The van der Waals surface area contributed by atoms with Crippen molar-refractivity contribution in [2.24, 2.45) is 5.41 Å². The molecule has 1 spiro atoms. The van der Waals surface area contributed by atoms with E-state index < -0.39 is 6.61 Å². The highest BCUT2D eigenvalue weighted by atomic mass is 16.3. The Morgan fingerprint density at radius 2 is 1.92 bits per heavy atom. The van der Waals surface area contributed by atoms with Gasteiger partial charge < -0.3 is 14.9 Å². The van der Waals surface area contributed by atoms with Crippen LogP contribution in [0.5, 0.6) is 0 Å². The summed E-state index contributed by atoms with van der Waals surface area (Å²) in [6.07, 6.45) is 2.64. The number of benzene rings is 1. The molecule has 24 heavy (non-hydrogen) atoms. The molecule has 2 aliphatic heterocycles. The first kappa shape index (κ1) is 17.0. The third kappa shape index (κ3) is 3.18. The predicted molar refractivity (Wildman–Crippen MR) is 91.4 cm³/mol. The molecule has 1 atom stereocenters. The molecule has 2 aliphatic rings. The fraction of sp³-hybridized carbons (Fsp3) is 0.579. The van der Waals surface area contributed by atoms with Crippen molar-refractivity contribution in [3.05, 3.63) is 35.9 Å². The van der Waals surface area contributed by atoms with Crippen molar-refractivity contribution in [2.75, 3.05) is 32.8 Å². The average Bonchev–Trinajstić information content (AvgIpc) is 2.64. The lowest BCUT2D eigenvalue weighted by Gasteiger charge is -2.49. The van der Waals surface area contributed by atoms with Gasteiger partial charge in [-0.2, -0.15) is 0 Å². The molecule has 1 N–H and O–H groups in total. The summed E-state index contributed by atoms with van der Waals surface area (Å²) in [7, 11) is 0. The number of likely N-dealkylation sites (tertiary alicyclic amines) is 2. The fourth-order valence-electron chi connectivity index (χ4n) is 4.19. The van der Waals surface area contributed by atoms with Crippen molar-refractivity contribution in [2.45, 2.75) is 32.1 Å². The van der Waals surface area contributed by atoms with Gasteiger partial charge in [0.25, 0.3) is 0 Å². The van der Waals surface area contributed by atoms with Crippen LogP contribution in [0.15, 0.2) is 30.3 Å². The van der Waals surface area contributed by atoms with Gasteiger partial charge in [-0.05, 0) is 37.2 Å². The number of aliphatic hydroxyl groups is 1. The van der Waals surface area contributed by atoms with Gasteiger partial charge >= 0.3 is 0 Å². The number of amides is 2. The van der Waals surface area contributed by atoms with E-state index in [1.54, 1.807) is 4.90 Å². The summed E-state index contributed by atoms with van der Waals surface area (Å²) in [6, 6.07) is 10.0. The van der Waals surface area contributed by atoms with Gasteiger partial charge in [-0.3, -0.25) is 9.59 Å². The quantitative estimate of drug-likeness (QED) is 0.916. The fourth-order valence-corrected chi connectivity index (χ4v) is 4.19. The van der Waals surface area contributed by atoms with E-state index in [2.05, 4.69) is 0 Å². The SMILES string of the molecule is CCN1CC2(CCN(C(=O)CO)CC2)CC(c2ccccc2)C1=O. The summed E-state index contributed by atoms with van der Waals surface area (Å²) in [6.45, 7) is 4.47. The molecule has 2 heterocycles. The van der Waals surface area contributed by atoms with Gasteiger partial charge in [-0.1, -0.05) is 30.3 Å². The normalized spacial score (nSPS) is 23.6. The number of carbonyl (C=O) groups is 2. The number of piperidine rings is 2. The van der Waals surface area contributed by atoms with Crippen molar-refractivity contribution in [3.63, 3.8) is 0 Å². The number of nitrogens with zero attached hydrogens (tertiary/aromatic N) is 2. The van der Waals surface area contributed by atoms with Crippen LogP contribution in [-0.2, 0) is 9.59 Å². The number of hydrogen-bond donors (Lipinski definition) is 1. The van der Waals surface area contributed by atoms with Crippen molar-refractivity contribution in [3.8, 4) is 0 Å². The third-order valence-electron chi connectivity index (χ3n) is 5.67. The molecular formula is C19H26N2O3. The van der Waals surface area contributed by atoms with E-state index in [1.807, 2.05) is 42.2 Å². The van der Waals surface area contributed by atoms with Crippen LogP contribution in [0, 0.1) is 5.41 Å². The lowest BCUT2D eigenvalue weighted by atomic mass is 9.67. The zero-order valence-corrected chi connectivity index (χ0v) is 14.3. The van der Waals surface area contributed by atoms with Gasteiger partial charge in [-0.25, -0.2) is 0 Å². The average molecular weight is 330 g/mol. The van der Waals surface area contributed by atoms with Gasteiger partial charge in [0, 0.05) is 26.2 Å². The van der Waals surface area contributed by atoms with Gasteiger partial charge in [-0.15, -0.1) is 0 Å². The monoisotopic (exact) mass is 330 g/mol. The van der Waals surface area contributed by atoms with Crippen molar-refractivity contribution in [1.82, 2.24) is 9.80 Å². The number of likely N-dealkylation sites (N-methyl/N-ethyl adjacent to an activating group) is 1. The topological polar surface area (TPSA) is 60.9 Å². The van der Waals surface area contributed by atoms with Crippen molar-refractivity contribution >= 4 is 11.8 Å². The van der Waals surface area contributed by atoms with Crippen molar-refractivity contribution in [1.29, 1.82) is 0 Å². The molecule has 5 nitrogen and oxygen atoms in total. The van der Waals surface area contributed by atoms with Crippen LogP contribution in [0.25, 0.3) is 0 Å². The summed E-state index contributed by atoms with van der Waals surface area (Å²) in [5.74, 6) is -0.0492. The minimum Gasteiger partial charge on any atom is -0.387 e. The first-order chi connectivity index (χ1) is 11.6. The lowest BCUT2D eigenvalue weighted by molar-refractivity contribution is -0.145. The molecule has 0 saturated carbocycles. The standard InChI is InChI=1S/C19H26N2O3/c1-2-20-14-19(8-10-21(11-9-19)17(23)13-22)12-16(18(20)24)15-6-4-3-5-7-15/h3-7,16,22H,2,8-14H2,1H3. The second-order valence-corrected chi connectivity index (χ2v) is 7.06. The Bertz CT molecular complexity index is 594. The first-order valence-electron chi connectivity index (χ1n) is 8.81. The minimum atomic E-state index is -0.417. The molecule has 0 aliphatic carbocycles. The maximum Gasteiger partial charge on any atom is 0.248 e. The van der Waals surface area contributed by atoms with E-state index in [0.29, 0.717) is 13.1 Å². The van der Waals surface area contributed by atoms with E-state index in [1.165, 1.54) is 0 Å². The molecule has 1 aromatic rings. The molecule has 1 aromatic carbocycles. The van der Waals surface area contributed by atoms with E-state index in [0.717, 1.165) is 37.9 Å².